The summed E-state index contributed by atoms with van der Waals surface area (Å²) in [6.45, 7) is 4.33. The van der Waals surface area contributed by atoms with Crippen molar-refractivity contribution in [1.82, 2.24) is 0 Å². The zero-order chi connectivity index (χ0) is 9.40. The van der Waals surface area contributed by atoms with E-state index in [0.717, 1.165) is 25.7 Å². The molecule has 0 saturated carbocycles. The maximum absolute atomic E-state index is 6.07. The van der Waals surface area contributed by atoms with Crippen molar-refractivity contribution in [2.24, 2.45) is 0 Å². The van der Waals surface area contributed by atoms with Gasteiger partial charge in [-0.2, -0.15) is 0 Å². The zero-order valence-corrected chi connectivity index (χ0v) is 9.67. The molecule has 2 atom stereocenters. The van der Waals surface area contributed by atoms with Crippen LogP contribution in [0.3, 0.4) is 0 Å². The van der Waals surface area contributed by atoms with E-state index in [2.05, 4.69) is 13.8 Å². The Morgan fingerprint density at radius 3 is 1.33 bits per heavy atom. The maximum atomic E-state index is 6.07. The van der Waals surface area contributed by atoms with Crippen LogP contribution in [0.25, 0.3) is 0 Å². The number of alkyl halides is 2. The van der Waals surface area contributed by atoms with E-state index in [0.29, 0.717) is 10.8 Å². The van der Waals surface area contributed by atoms with E-state index in [4.69, 9.17) is 23.2 Å². The molecule has 0 spiro atoms. The van der Waals surface area contributed by atoms with Crippen LogP contribution in [0, 0.1) is 0 Å². The normalized spacial score (nSPS) is 16.0. The SMILES string of the molecule is CCCC(Cl)CCC(Cl)CCC. The lowest BCUT2D eigenvalue weighted by atomic mass is 10.1. The van der Waals surface area contributed by atoms with E-state index >= 15 is 0 Å². The Hall–Kier alpha value is 0.580. The summed E-state index contributed by atoms with van der Waals surface area (Å²) in [6.07, 6.45) is 6.74. The van der Waals surface area contributed by atoms with Gasteiger partial charge >= 0.3 is 0 Å². The quantitative estimate of drug-likeness (QED) is 0.540. The minimum absolute atomic E-state index is 0.341. The number of hydrogen-bond acceptors (Lipinski definition) is 0. The Bertz CT molecular complexity index is 81.8. The largest absolute Gasteiger partial charge is 0.123 e. The van der Waals surface area contributed by atoms with Crippen LogP contribution in [0.15, 0.2) is 0 Å². The highest BCUT2D eigenvalue weighted by atomic mass is 35.5. The molecule has 0 aliphatic heterocycles. The van der Waals surface area contributed by atoms with E-state index in [9.17, 15) is 0 Å². The van der Waals surface area contributed by atoms with Gasteiger partial charge in [0.15, 0.2) is 0 Å². The first-order valence-electron chi connectivity index (χ1n) is 4.98. The highest BCUT2D eigenvalue weighted by Gasteiger charge is 2.07. The van der Waals surface area contributed by atoms with E-state index in [1.807, 2.05) is 0 Å². The Morgan fingerprint density at radius 2 is 1.08 bits per heavy atom. The molecule has 0 aliphatic carbocycles. The minimum atomic E-state index is 0.341. The van der Waals surface area contributed by atoms with Gasteiger partial charge in [0.05, 0.1) is 0 Å². The van der Waals surface area contributed by atoms with Gasteiger partial charge in [0.1, 0.15) is 0 Å². The molecular weight excluding hydrogens is 191 g/mol. The monoisotopic (exact) mass is 210 g/mol. The van der Waals surface area contributed by atoms with Crippen molar-refractivity contribution in [2.75, 3.05) is 0 Å². The topological polar surface area (TPSA) is 0 Å². The molecule has 74 valence electrons. The van der Waals surface area contributed by atoms with Crippen molar-refractivity contribution in [3.8, 4) is 0 Å². The average Bonchev–Trinajstić information content (AvgIpc) is 2.02. The fourth-order valence-electron chi connectivity index (χ4n) is 1.28. The van der Waals surface area contributed by atoms with Gasteiger partial charge in [-0.15, -0.1) is 23.2 Å². The molecule has 0 rings (SSSR count). The van der Waals surface area contributed by atoms with Gasteiger partial charge in [-0.25, -0.2) is 0 Å². The molecule has 0 radical (unpaired) electrons. The standard InChI is InChI=1S/C10H20Cl2/c1-3-5-9(11)7-8-10(12)6-4-2/h9-10H,3-8H2,1-2H3. The molecule has 2 unspecified atom stereocenters. The van der Waals surface area contributed by atoms with Crippen LogP contribution in [0.1, 0.15) is 52.4 Å². The van der Waals surface area contributed by atoms with Crippen molar-refractivity contribution >= 4 is 23.2 Å². The molecule has 0 saturated heterocycles. The van der Waals surface area contributed by atoms with Crippen molar-refractivity contribution in [3.63, 3.8) is 0 Å². The third-order valence-corrected chi connectivity index (χ3v) is 2.87. The highest BCUT2D eigenvalue weighted by Crippen LogP contribution is 2.18. The summed E-state index contributed by atoms with van der Waals surface area (Å²) >= 11 is 12.1. The Morgan fingerprint density at radius 1 is 0.750 bits per heavy atom. The molecule has 0 aliphatic rings. The first-order valence-corrected chi connectivity index (χ1v) is 5.86. The average molecular weight is 211 g/mol. The van der Waals surface area contributed by atoms with Crippen LogP contribution in [0.2, 0.25) is 0 Å². The molecule has 2 heteroatoms. The highest BCUT2D eigenvalue weighted by molar-refractivity contribution is 6.21. The predicted octanol–water partition coefficient (Wildman–Crippen LogP) is 4.58. The molecular formula is C10H20Cl2. The lowest BCUT2D eigenvalue weighted by Gasteiger charge is -2.10. The van der Waals surface area contributed by atoms with E-state index in [1.165, 1.54) is 12.8 Å². The molecule has 12 heavy (non-hydrogen) atoms. The Balaban J connectivity index is 3.27. The number of halogens is 2. The molecule has 0 heterocycles. The van der Waals surface area contributed by atoms with Gasteiger partial charge in [-0.1, -0.05) is 26.7 Å². The summed E-state index contributed by atoms with van der Waals surface area (Å²) in [4.78, 5) is 0. The second-order valence-electron chi connectivity index (χ2n) is 3.35. The predicted molar refractivity (Wildman–Crippen MR) is 58.3 cm³/mol. The fraction of sp³-hybridized carbons (Fsp3) is 1.00. The van der Waals surface area contributed by atoms with Crippen LogP contribution in [0.4, 0.5) is 0 Å². The van der Waals surface area contributed by atoms with Gasteiger partial charge in [0.25, 0.3) is 0 Å². The van der Waals surface area contributed by atoms with Crippen molar-refractivity contribution in [1.29, 1.82) is 0 Å². The van der Waals surface area contributed by atoms with Gasteiger partial charge in [-0.3, -0.25) is 0 Å². The smallest absolute Gasteiger partial charge is 0.0336 e. The van der Waals surface area contributed by atoms with E-state index in [-0.39, 0.29) is 0 Å². The molecule has 0 aromatic carbocycles. The lowest BCUT2D eigenvalue weighted by molar-refractivity contribution is 0.596. The fourth-order valence-corrected chi connectivity index (χ4v) is 1.97. The summed E-state index contributed by atoms with van der Waals surface area (Å²) in [5.74, 6) is 0. The lowest BCUT2D eigenvalue weighted by Crippen LogP contribution is -2.04. The summed E-state index contributed by atoms with van der Waals surface area (Å²) in [5.41, 5.74) is 0. The minimum Gasteiger partial charge on any atom is -0.123 e. The molecule has 0 aromatic heterocycles. The van der Waals surface area contributed by atoms with Crippen LogP contribution >= 0.6 is 23.2 Å². The Kier molecular flexibility index (Phi) is 8.59. The van der Waals surface area contributed by atoms with Crippen molar-refractivity contribution in [3.05, 3.63) is 0 Å². The Labute approximate surface area is 86.6 Å². The number of rotatable bonds is 7. The molecule has 0 fully saturated rings. The second kappa shape index (κ2) is 8.19. The van der Waals surface area contributed by atoms with Gasteiger partial charge in [-0.05, 0) is 25.7 Å². The number of hydrogen-bond donors (Lipinski definition) is 0. The summed E-state index contributed by atoms with van der Waals surface area (Å²) < 4.78 is 0. The summed E-state index contributed by atoms with van der Waals surface area (Å²) in [7, 11) is 0. The third-order valence-electron chi connectivity index (χ3n) is 2.00. The second-order valence-corrected chi connectivity index (χ2v) is 4.58. The first-order chi connectivity index (χ1) is 5.70. The molecule has 0 amide bonds. The van der Waals surface area contributed by atoms with Crippen LogP contribution in [-0.4, -0.2) is 10.8 Å². The first kappa shape index (κ1) is 12.6. The molecule has 0 N–H and O–H groups in total. The zero-order valence-electron chi connectivity index (χ0n) is 8.15. The van der Waals surface area contributed by atoms with Crippen LogP contribution < -0.4 is 0 Å². The molecule has 0 aromatic rings. The molecule has 0 bridgehead atoms. The maximum Gasteiger partial charge on any atom is 0.0336 e. The van der Waals surface area contributed by atoms with Crippen LogP contribution in [0.5, 0.6) is 0 Å². The summed E-state index contributed by atoms with van der Waals surface area (Å²) in [6, 6.07) is 0. The van der Waals surface area contributed by atoms with Crippen LogP contribution in [-0.2, 0) is 0 Å². The van der Waals surface area contributed by atoms with Crippen molar-refractivity contribution < 1.29 is 0 Å². The van der Waals surface area contributed by atoms with Gasteiger partial charge < -0.3 is 0 Å². The van der Waals surface area contributed by atoms with E-state index < -0.39 is 0 Å². The van der Waals surface area contributed by atoms with Crippen molar-refractivity contribution in [2.45, 2.75) is 63.1 Å². The van der Waals surface area contributed by atoms with Gasteiger partial charge in [0, 0.05) is 10.8 Å². The molecule has 0 nitrogen and oxygen atoms in total. The van der Waals surface area contributed by atoms with E-state index in [1.54, 1.807) is 0 Å². The third kappa shape index (κ3) is 7.24. The van der Waals surface area contributed by atoms with Gasteiger partial charge in [0.2, 0.25) is 0 Å². The summed E-state index contributed by atoms with van der Waals surface area (Å²) in [5, 5.41) is 0.682.